The molecule has 2 amide bonds. The molecule has 1 aliphatic rings. The number of amides is 2. The van der Waals surface area contributed by atoms with Crippen molar-refractivity contribution in [3.8, 4) is 11.5 Å². The van der Waals surface area contributed by atoms with Crippen molar-refractivity contribution < 1.29 is 41.9 Å². The molecule has 0 spiro atoms. The highest BCUT2D eigenvalue weighted by molar-refractivity contribution is 8.72. The Kier molecular flexibility index (Phi) is 11.2. The van der Waals surface area contributed by atoms with E-state index >= 15 is 0 Å². The van der Waals surface area contributed by atoms with Gasteiger partial charge in [-0.15, -0.1) is 0 Å². The number of rotatable bonds is 14. The Balaban J connectivity index is 1.46. The van der Waals surface area contributed by atoms with Gasteiger partial charge in [0, 0.05) is 22.9 Å². The van der Waals surface area contributed by atoms with Crippen LogP contribution in [0.1, 0.15) is 18.1 Å². The summed E-state index contributed by atoms with van der Waals surface area (Å²) < 4.78 is 44.3. The lowest BCUT2D eigenvalue weighted by atomic mass is 10.1. The second-order valence-corrected chi connectivity index (χ2v) is 14.9. The number of nitro benzene ring substituents is 1. The van der Waals surface area contributed by atoms with Crippen molar-refractivity contribution in [2.24, 2.45) is 0 Å². The van der Waals surface area contributed by atoms with Crippen molar-refractivity contribution in [1.29, 1.82) is 0 Å². The highest BCUT2D eigenvalue weighted by Crippen LogP contribution is 2.41. The van der Waals surface area contributed by atoms with E-state index < -0.39 is 55.3 Å². The maximum absolute atomic E-state index is 13.8. The van der Waals surface area contributed by atoms with Crippen LogP contribution in [0.15, 0.2) is 126 Å². The lowest BCUT2D eigenvalue weighted by molar-refractivity contribution is -0.384. The predicted molar refractivity (Wildman–Crippen MR) is 183 cm³/mol. The number of hydrogen-bond donors (Lipinski definition) is 1. The first-order valence-electron chi connectivity index (χ1n) is 15.1. The van der Waals surface area contributed by atoms with Crippen LogP contribution in [0, 0.1) is 17.0 Å². The molecule has 2 unspecified atom stereocenters. The van der Waals surface area contributed by atoms with E-state index in [-0.39, 0.29) is 22.9 Å². The number of nitrogens with one attached hydrogen (secondary N) is 1. The van der Waals surface area contributed by atoms with Gasteiger partial charge in [-0.3, -0.25) is 24.6 Å². The molecule has 5 rings (SSSR count). The third kappa shape index (κ3) is 8.67. The molecular formula is C35H31N3O10S2. The van der Waals surface area contributed by atoms with Gasteiger partial charge < -0.3 is 19.5 Å². The quantitative estimate of drug-likeness (QED) is 0.0350. The molecule has 0 aliphatic carbocycles. The van der Waals surface area contributed by atoms with Gasteiger partial charge in [-0.2, -0.15) is 0 Å². The van der Waals surface area contributed by atoms with Crippen molar-refractivity contribution >= 4 is 43.1 Å². The Morgan fingerprint density at radius 1 is 0.900 bits per heavy atom. The molecule has 1 heterocycles. The third-order valence-corrected chi connectivity index (χ3v) is 11.0. The maximum atomic E-state index is 13.8. The molecule has 0 saturated carbocycles. The lowest BCUT2D eigenvalue weighted by Gasteiger charge is -2.46. The number of non-ortho nitro benzene ring substituents is 1. The van der Waals surface area contributed by atoms with E-state index in [2.05, 4.69) is 5.32 Å². The summed E-state index contributed by atoms with van der Waals surface area (Å²) in [5.41, 5.74) is 0.684. The zero-order valence-electron chi connectivity index (χ0n) is 26.8. The van der Waals surface area contributed by atoms with Crippen LogP contribution in [0.2, 0.25) is 0 Å². The summed E-state index contributed by atoms with van der Waals surface area (Å²) in [6.07, 6.45) is 0. The minimum Gasteiger partial charge on any atom is -0.484 e. The smallest absolute Gasteiger partial charge is 0.358 e. The van der Waals surface area contributed by atoms with Gasteiger partial charge in [0.1, 0.15) is 35.3 Å². The molecule has 1 N–H and O–H groups in total. The van der Waals surface area contributed by atoms with E-state index in [1.807, 2.05) is 0 Å². The molecule has 258 valence electrons. The van der Waals surface area contributed by atoms with Gasteiger partial charge in [0.05, 0.1) is 9.82 Å². The normalized spacial score (nSPS) is 16.0. The minimum atomic E-state index is -4.16. The lowest BCUT2D eigenvalue weighted by Crippen LogP contribution is -2.70. The van der Waals surface area contributed by atoms with Gasteiger partial charge in [0.15, 0.2) is 12.3 Å². The van der Waals surface area contributed by atoms with Crippen molar-refractivity contribution in [3.05, 3.63) is 142 Å². The molecule has 0 radical (unpaired) electrons. The van der Waals surface area contributed by atoms with E-state index in [0.717, 1.165) is 10.5 Å². The highest BCUT2D eigenvalue weighted by atomic mass is 33.1. The van der Waals surface area contributed by atoms with Crippen molar-refractivity contribution in [1.82, 2.24) is 10.2 Å². The molecule has 4 aromatic rings. The number of nitrogens with zero attached hydrogens (tertiary/aromatic N) is 2. The van der Waals surface area contributed by atoms with Crippen LogP contribution < -0.4 is 14.8 Å². The van der Waals surface area contributed by atoms with E-state index in [9.17, 15) is 32.9 Å². The molecule has 1 aliphatic heterocycles. The van der Waals surface area contributed by atoms with Gasteiger partial charge in [-0.05, 0) is 67.9 Å². The Bertz CT molecular complexity index is 2010. The summed E-state index contributed by atoms with van der Waals surface area (Å²) in [7, 11) is -3.79. The van der Waals surface area contributed by atoms with Crippen LogP contribution in [0.25, 0.3) is 0 Å². The number of benzene rings is 4. The number of allylic oxidation sites excluding steroid dienone is 1. The fourth-order valence-electron chi connectivity index (χ4n) is 4.76. The Morgan fingerprint density at radius 3 is 2.10 bits per heavy atom. The molecule has 4 aromatic carbocycles. The van der Waals surface area contributed by atoms with Gasteiger partial charge in [0.25, 0.3) is 17.5 Å². The zero-order valence-corrected chi connectivity index (χ0v) is 28.4. The number of para-hydroxylation sites is 2. The first-order valence-corrected chi connectivity index (χ1v) is 18.0. The van der Waals surface area contributed by atoms with Gasteiger partial charge in [0.2, 0.25) is 8.87 Å². The molecular weight excluding hydrogens is 687 g/mol. The number of ether oxygens (including phenoxy) is 3. The number of likely N-dealkylation sites (tertiary alicyclic amines) is 1. The van der Waals surface area contributed by atoms with E-state index in [1.165, 1.54) is 43.3 Å². The fraction of sp³-hybridized carbons (Fsp3) is 0.171. The third-order valence-electron chi connectivity index (χ3n) is 7.31. The Labute approximate surface area is 291 Å². The molecule has 0 aromatic heterocycles. The fourth-order valence-corrected chi connectivity index (χ4v) is 8.23. The maximum Gasteiger partial charge on any atom is 0.358 e. The molecule has 1 fully saturated rings. The Morgan fingerprint density at radius 2 is 1.50 bits per heavy atom. The molecule has 2 atom stereocenters. The van der Waals surface area contributed by atoms with E-state index in [1.54, 1.807) is 79.7 Å². The molecule has 1 saturated heterocycles. The number of esters is 1. The summed E-state index contributed by atoms with van der Waals surface area (Å²) in [4.78, 5) is 51.9. The van der Waals surface area contributed by atoms with Crippen molar-refractivity contribution in [3.63, 3.8) is 0 Å². The Hall–Kier alpha value is -5.67. The van der Waals surface area contributed by atoms with Crippen LogP contribution in [-0.2, 0) is 34.6 Å². The number of hydrogen-bond acceptors (Lipinski definition) is 11. The van der Waals surface area contributed by atoms with Crippen LogP contribution in [0.4, 0.5) is 5.69 Å². The van der Waals surface area contributed by atoms with E-state index in [0.29, 0.717) is 27.9 Å². The van der Waals surface area contributed by atoms with Gasteiger partial charge >= 0.3 is 5.97 Å². The summed E-state index contributed by atoms with van der Waals surface area (Å²) >= 11 is 0. The number of β-lactam (4-membered cyclic amide) rings is 1. The summed E-state index contributed by atoms with van der Waals surface area (Å²) in [6.45, 7) is 2.41. The number of carbonyl (C=O) groups is 3. The minimum absolute atomic E-state index is 0.0478. The molecule has 13 nitrogen and oxygen atoms in total. The number of carbonyl (C=O) groups excluding carboxylic acids is 3. The summed E-state index contributed by atoms with van der Waals surface area (Å²) in [5, 5.41) is 12.3. The number of aryl methyl sites for hydroxylation is 1. The summed E-state index contributed by atoms with van der Waals surface area (Å²) in [5.74, 6) is -1.90. The SMILES string of the molecule is C/C(Oc1ccccc1)=C(/C(=O)OCc1ccc([N+](=O)[O-])cc1)N1C(=O)C(NC(=O)COc2ccccc2)C1SS(=O)(=O)c1ccc(C)cc1. The molecule has 0 bridgehead atoms. The highest BCUT2D eigenvalue weighted by Gasteiger charge is 2.55. The average Bonchev–Trinajstić information content (AvgIpc) is 3.11. The first-order chi connectivity index (χ1) is 23.9. The monoisotopic (exact) mass is 717 g/mol. The average molecular weight is 718 g/mol. The van der Waals surface area contributed by atoms with Crippen LogP contribution in [0.5, 0.6) is 11.5 Å². The van der Waals surface area contributed by atoms with Crippen LogP contribution in [-0.4, -0.2) is 54.0 Å². The topological polar surface area (TPSA) is 171 Å². The molecule has 15 heteroatoms. The number of nitro groups is 1. The summed E-state index contributed by atoms with van der Waals surface area (Å²) in [6, 6.07) is 26.9. The van der Waals surface area contributed by atoms with Crippen LogP contribution in [0.3, 0.4) is 0 Å². The van der Waals surface area contributed by atoms with E-state index in [4.69, 9.17) is 14.2 Å². The standard InChI is InChI=1S/C35H31N3O10S2/c1-23-13-19-29(20-14-23)50(44,45)49-34-31(36-30(39)22-46-27-9-5-3-6-10-27)33(40)37(34)32(24(2)48-28-11-7-4-8-12-28)35(41)47-21-25-15-17-26(18-16-25)38(42)43/h3-20,31,34H,21-22H2,1-2H3,(H,36,39)/b32-24+. The predicted octanol–water partition coefficient (Wildman–Crippen LogP) is 5.11. The van der Waals surface area contributed by atoms with Crippen molar-refractivity contribution in [2.45, 2.75) is 36.8 Å². The van der Waals surface area contributed by atoms with Crippen LogP contribution >= 0.6 is 10.8 Å². The second-order valence-electron chi connectivity index (χ2n) is 10.9. The van der Waals surface area contributed by atoms with Gasteiger partial charge in [-0.1, -0.05) is 54.1 Å². The zero-order chi connectivity index (χ0) is 35.8. The first kappa shape index (κ1) is 35.6. The van der Waals surface area contributed by atoms with Crippen molar-refractivity contribution in [2.75, 3.05) is 6.61 Å². The largest absolute Gasteiger partial charge is 0.484 e. The second kappa shape index (κ2) is 15.7. The van der Waals surface area contributed by atoms with Gasteiger partial charge in [-0.25, -0.2) is 13.2 Å². The molecule has 50 heavy (non-hydrogen) atoms.